The van der Waals surface area contributed by atoms with Crippen LogP contribution in [0.1, 0.15) is 0 Å². The lowest BCUT2D eigenvalue weighted by atomic mass is 10.1. The van der Waals surface area contributed by atoms with Crippen molar-refractivity contribution >= 4 is 39.6 Å². The van der Waals surface area contributed by atoms with Crippen molar-refractivity contribution < 1.29 is 28.2 Å². The lowest BCUT2D eigenvalue weighted by Crippen LogP contribution is -2.38. The molecule has 7 heteroatoms. The summed E-state index contributed by atoms with van der Waals surface area (Å²) < 4.78 is 21.2. The lowest BCUT2D eigenvalue weighted by molar-refractivity contribution is -0.140. The van der Waals surface area contributed by atoms with Crippen LogP contribution in [0.25, 0.3) is 21.9 Å². The van der Waals surface area contributed by atoms with Crippen LogP contribution in [-0.2, 0) is 23.8 Å². The standard InChI is InChI=1S/C20H17NO6/c1-24-19(22)13-10-26-11-21(18(13)20(23)25-2)14-7-5-9-16-17(14)12-6-3-4-8-15(12)27-16/h3-9H,10-11H2,1-2H3. The maximum atomic E-state index is 12.5. The fourth-order valence-electron chi connectivity index (χ4n) is 3.31. The Kier molecular flexibility index (Phi) is 4.29. The molecule has 0 atom stereocenters. The van der Waals surface area contributed by atoms with E-state index in [1.807, 2.05) is 42.5 Å². The molecule has 4 rings (SSSR count). The van der Waals surface area contributed by atoms with Crippen molar-refractivity contribution in [3.05, 3.63) is 53.7 Å². The van der Waals surface area contributed by atoms with Gasteiger partial charge in [0.2, 0.25) is 0 Å². The molecule has 1 aromatic heterocycles. The van der Waals surface area contributed by atoms with Crippen molar-refractivity contribution in [3.63, 3.8) is 0 Å². The Labute approximate surface area is 154 Å². The first kappa shape index (κ1) is 17.1. The van der Waals surface area contributed by atoms with E-state index in [1.165, 1.54) is 14.2 Å². The van der Waals surface area contributed by atoms with E-state index in [9.17, 15) is 9.59 Å². The van der Waals surface area contributed by atoms with E-state index >= 15 is 0 Å². The zero-order valence-corrected chi connectivity index (χ0v) is 14.9. The van der Waals surface area contributed by atoms with Crippen LogP contribution >= 0.6 is 0 Å². The molecule has 0 saturated carbocycles. The number of benzene rings is 2. The topological polar surface area (TPSA) is 78.2 Å². The number of hydrogen-bond acceptors (Lipinski definition) is 7. The molecule has 0 bridgehead atoms. The molecule has 0 fully saturated rings. The van der Waals surface area contributed by atoms with Crippen molar-refractivity contribution in [2.75, 3.05) is 32.5 Å². The van der Waals surface area contributed by atoms with Gasteiger partial charge in [-0.1, -0.05) is 24.3 Å². The van der Waals surface area contributed by atoms with Crippen LogP contribution in [0.3, 0.4) is 0 Å². The van der Waals surface area contributed by atoms with Gasteiger partial charge in [-0.3, -0.25) is 0 Å². The molecule has 0 radical (unpaired) electrons. The van der Waals surface area contributed by atoms with Crippen molar-refractivity contribution in [1.29, 1.82) is 0 Å². The second kappa shape index (κ2) is 6.77. The van der Waals surface area contributed by atoms with Crippen LogP contribution in [0.2, 0.25) is 0 Å². The van der Waals surface area contributed by atoms with Crippen molar-refractivity contribution in [2.45, 2.75) is 0 Å². The molecule has 0 aliphatic carbocycles. The Balaban J connectivity index is 1.99. The minimum atomic E-state index is -0.636. The third-order valence-corrected chi connectivity index (χ3v) is 4.50. The number of anilines is 1. The maximum Gasteiger partial charge on any atom is 0.355 e. The summed E-state index contributed by atoms with van der Waals surface area (Å²) in [7, 11) is 2.53. The molecule has 0 unspecified atom stereocenters. The van der Waals surface area contributed by atoms with Gasteiger partial charge < -0.3 is 23.5 Å². The van der Waals surface area contributed by atoms with E-state index in [0.29, 0.717) is 11.3 Å². The van der Waals surface area contributed by atoms with Gasteiger partial charge in [0.1, 0.15) is 23.6 Å². The SMILES string of the molecule is COC(=O)C1=C(C(=O)OC)N(c2cccc3oc4ccccc4c23)COC1. The number of nitrogens with zero attached hydrogens (tertiary/aromatic N) is 1. The second-order valence-electron chi connectivity index (χ2n) is 5.96. The predicted molar refractivity (Wildman–Crippen MR) is 98.1 cm³/mol. The molecular formula is C20H17NO6. The Hall–Kier alpha value is -3.32. The molecule has 0 spiro atoms. The van der Waals surface area contributed by atoms with Gasteiger partial charge in [0.15, 0.2) is 0 Å². The van der Waals surface area contributed by atoms with Crippen LogP contribution in [0, 0.1) is 0 Å². The van der Waals surface area contributed by atoms with Gasteiger partial charge in [-0.2, -0.15) is 0 Å². The zero-order chi connectivity index (χ0) is 19.0. The van der Waals surface area contributed by atoms with Gasteiger partial charge >= 0.3 is 11.9 Å². The van der Waals surface area contributed by atoms with E-state index < -0.39 is 11.9 Å². The first-order valence-corrected chi connectivity index (χ1v) is 8.31. The first-order chi connectivity index (χ1) is 13.2. The third kappa shape index (κ3) is 2.72. The van der Waals surface area contributed by atoms with E-state index in [0.717, 1.165) is 16.4 Å². The fourth-order valence-corrected chi connectivity index (χ4v) is 3.31. The monoisotopic (exact) mass is 367 g/mol. The molecule has 0 N–H and O–H groups in total. The maximum absolute atomic E-state index is 12.5. The third-order valence-electron chi connectivity index (χ3n) is 4.50. The summed E-state index contributed by atoms with van der Waals surface area (Å²) in [5, 5.41) is 1.72. The number of fused-ring (bicyclic) bond motifs is 3. The highest BCUT2D eigenvalue weighted by atomic mass is 16.5. The Bertz CT molecular complexity index is 1080. The number of hydrogen-bond donors (Lipinski definition) is 0. The Morgan fingerprint density at radius 1 is 0.963 bits per heavy atom. The molecule has 0 amide bonds. The number of methoxy groups -OCH3 is 2. The Morgan fingerprint density at radius 3 is 2.48 bits per heavy atom. The summed E-state index contributed by atoms with van der Waals surface area (Å²) in [4.78, 5) is 26.3. The number of furan rings is 1. The van der Waals surface area contributed by atoms with Crippen LogP contribution in [0.5, 0.6) is 0 Å². The molecule has 7 nitrogen and oxygen atoms in total. The molecule has 0 saturated heterocycles. The number of carbonyl (C=O) groups excluding carboxylic acids is 2. The lowest BCUT2D eigenvalue weighted by Gasteiger charge is -2.31. The van der Waals surface area contributed by atoms with Crippen LogP contribution < -0.4 is 4.90 Å². The zero-order valence-electron chi connectivity index (χ0n) is 14.9. The second-order valence-corrected chi connectivity index (χ2v) is 5.96. The van der Waals surface area contributed by atoms with Crippen LogP contribution in [0.4, 0.5) is 5.69 Å². The minimum absolute atomic E-state index is 0.0320. The summed E-state index contributed by atoms with van der Waals surface area (Å²) in [5.74, 6) is -1.27. The van der Waals surface area contributed by atoms with Gasteiger partial charge in [0.05, 0.1) is 37.5 Å². The quantitative estimate of drug-likeness (QED) is 0.659. The van der Waals surface area contributed by atoms with Gasteiger partial charge in [0.25, 0.3) is 0 Å². The average Bonchev–Trinajstić information content (AvgIpc) is 3.10. The highest BCUT2D eigenvalue weighted by molar-refractivity contribution is 6.13. The highest BCUT2D eigenvalue weighted by Crippen LogP contribution is 2.38. The normalized spacial score (nSPS) is 14.7. The van der Waals surface area contributed by atoms with E-state index in [1.54, 1.807) is 4.90 Å². The smallest absolute Gasteiger partial charge is 0.355 e. The molecule has 2 aromatic carbocycles. The molecule has 138 valence electrons. The average molecular weight is 367 g/mol. The largest absolute Gasteiger partial charge is 0.466 e. The van der Waals surface area contributed by atoms with E-state index in [4.69, 9.17) is 18.6 Å². The molecule has 3 aromatic rings. The van der Waals surface area contributed by atoms with Crippen LogP contribution in [-0.4, -0.2) is 39.5 Å². The van der Waals surface area contributed by atoms with E-state index in [2.05, 4.69) is 0 Å². The summed E-state index contributed by atoms with van der Waals surface area (Å²) >= 11 is 0. The predicted octanol–water partition coefficient (Wildman–Crippen LogP) is 2.98. The molecular weight excluding hydrogens is 350 g/mol. The van der Waals surface area contributed by atoms with Crippen molar-refractivity contribution in [2.24, 2.45) is 0 Å². The van der Waals surface area contributed by atoms with Crippen molar-refractivity contribution in [3.8, 4) is 0 Å². The number of ether oxygens (including phenoxy) is 3. The number of carbonyl (C=O) groups is 2. The summed E-state index contributed by atoms with van der Waals surface area (Å²) in [6.45, 7) is 0.0548. The van der Waals surface area contributed by atoms with Crippen LogP contribution in [0.15, 0.2) is 58.2 Å². The van der Waals surface area contributed by atoms with E-state index in [-0.39, 0.29) is 24.6 Å². The summed E-state index contributed by atoms with van der Waals surface area (Å²) in [6, 6.07) is 13.1. The first-order valence-electron chi connectivity index (χ1n) is 8.31. The van der Waals surface area contributed by atoms with Crippen molar-refractivity contribution in [1.82, 2.24) is 0 Å². The summed E-state index contributed by atoms with van der Waals surface area (Å²) in [6.07, 6.45) is 0. The molecule has 2 heterocycles. The fraction of sp³-hybridized carbons (Fsp3) is 0.200. The van der Waals surface area contributed by atoms with Gasteiger partial charge in [-0.15, -0.1) is 0 Å². The molecule has 1 aliphatic heterocycles. The van der Waals surface area contributed by atoms with Gasteiger partial charge in [-0.05, 0) is 18.2 Å². The minimum Gasteiger partial charge on any atom is -0.466 e. The highest BCUT2D eigenvalue weighted by Gasteiger charge is 2.33. The number of para-hydroxylation sites is 1. The summed E-state index contributed by atoms with van der Waals surface area (Å²) in [5.41, 5.74) is 2.30. The van der Waals surface area contributed by atoms with Gasteiger partial charge in [-0.25, -0.2) is 9.59 Å². The molecule has 1 aliphatic rings. The number of esters is 2. The Morgan fingerprint density at radius 2 is 1.70 bits per heavy atom. The van der Waals surface area contributed by atoms with Gasteiger partial charge in [0, 0.05) is 5.39 Å². The number of rotatable bonds is 3. The molecule has 27 heavy (non-hydrogen) atoms.